The van der Waals surface area contributed by atoms with E-state index in [-0.39, 0.29) is 6.04 Å². The Morgan fingerprint density at radius 3 is 2.88 bits per heavy atom. The lowest BCUT2D eigenvalue weighted by molar-refractivity contribution is -0.146. The number of nitrogens with one attached hydrogen (secondary N) is 1. The standard InChI is InChI=1S/C18H22N4O2S/c1-11-5-6-14(15-4-3-7-25-15)22(10-11)18(24)17(23)21-13-8-12(2)16(19)20-9-13/h3-4,7-9,11,14H,5-6,10H2,1-2H3,(H2,19,20)(H,21,23). The van der Waals surface area contributed by atoms with Gasteiger partial charge in [-0.05, 0) is 48.8 Å². The first-order chi connectivity index (χ1) is 12.0. The molecule has 0 bridgehead atoms. The lowest BCUT2D eigenvalue weighted by atomic mass is 9.93. The second kappa shape index (κ2) is 7.23. The van der Waals surface area contributed by atoms with Gasteiger partial charge in [-0.25, -0.2) is 4.98 Å². The fourth-order valence-electron chi connectivity index (χ4n) is 3.12. The predicted octanol–water partition coefficient (Wildman–Crippen LogP) is 2.97. The van der Waals surface area contributed by atoms with Gasteiger partial charge in [-0.3, -0.25) is 9.59 Å². The molecule has 0 aromatic carbocycles. The molecule has 2 atom stereocenters. The average Bonchev–Trinajstić information content (AvgIpc) is 3.11. The topological polar surface area (TPSA) is 88.3 Å². The molecule has 0 radical (unpaired) electrons. The van der Waals surface area contributed by atoms with Crippen LogP contribution in [0.2, 0.25) is 0 Å². The van der Waals surface area contributed by atoms with Crippen LogP contribution in [0.5, 0.6) is 0 Å². The molecule has 132 valence electrons. The van der Waals surface area contributed by atoms with Gasteiger partial charge in [0, 0.05) is 11.4 Å². The summed E-state index contributed by atoms with van der Waals surface area (Å²) in [5, 5.41) is 4.64. The highest BCUT2D eigenvalue weighted by atomic mass is 32.1. The van der Waals surface area contributed by atoms with Gasteiger partial charge in [0.15, 0.2) is 0 Å². The molecule has 0 spiro atoms. The fraction of sp³-hybridized carbons (Fsp3) is 0.389. The van der Waals surface area contributed by atoms with Crippen molar-refractivity contribution in [3.63, 3.8) is 0 Å². The molecule has 3 rings (SSSR count). The van der Waals surface area contributed by atoms with E-state index in [1.165, 1.54) is 6.20 Å². The lowest BCUT2D eigenvalue weighted by Gasteiger charge is -2.37. The third kappa shape index (κ3) is 3.82. The molecule has 2 aromatic rings. The molecule has 2 unspecified atom stereocenters. The van der Waals surface area contributed by atoms with Crippen molar-refractivity contribution in [3.8, 4) is 0 Å². The van der Waals surface area contributed by atoms with E-state index in [2.05, 4.69) is 17.2 Å². The Morgan fingerprint density at radius 1 is 1.40 bits per heavy atom. The van der Waals surface area contributed by atoms with E-state index in [0.717, 1.165) is 23.3 Å². The van der Waals surface area contributed by atoms with Crippen LogP contribution in [0.25, 0.3) is 0 Å². The van der Waals surface area contributed by atoms with E-state index in [9.17, 15) is 9.59 Å². The van der Waals surface area contributed by atoms with E-state index < -0.39 is 11.8 Å². The number of nitrogens with zero attached hydrogens (tertiary/aromatic N) is 2. The number of piperidine rings is 1. The number of carbonyl (C=O) groups is 2. The number of carbonyl (C=O) groups excluding carboxylic acids is 2. The Labute approximate surface area is 151 Å². The van der Waals surface area contributed by atoms with E-state index in [1.807, 2.05) is 17.5 Å². The molecule has 2 amide bonds. The van der Waals surface area contributed by atoms with Crippen LogP contribution in [-0.4, -0.2) is 28.2 Å². The molecule has 2 aromatic heterocycles. The van der Waals surface area contributed by atoms with Crippen LogP contribution < -0.4 is 11.1 Å². The Bertz CT molecular complexity index is 775. The first kappa shape index (κ1) is 17.4. The minimum atomic E-state index is -0.637. The highest BCUT2D eigenvalue weighted by Crippen LogP contribution is 2.35. The van der Waals surface area contributed by atoms with Crippen LogP contribution in [0.15, 0.2) is 29.8 Å². The van der Waals surface area contributed by atoms with Gasteiger partial charge in [0.05, 0.1) is 17.9 Å². The zero-order valence-corrected chi connectivity index (χ0v) is 15.2. The molecule has 25 heavy (non-hydrogen) atoms. The number of anilines is 2. The van der Waals surface area contributed by atoms with Crippen molar-refractivity contribution in [1.29, 1.82) is 0 Å². The zero-order valence-electron chi connectivity index (χ0n) is 14.4. The summed E-state index contributed by atoms with van der Waals surface area (Å²) in [5.41, 5.74) is 6.92. The third-order valence-electron chi connectivity index (χ3n) is 4.52. The molecule has 3 heterocycles. The number of aryl methyl sites for hydroxylation is 1. The molecule has 1 aliphatic rings. The second-order valence-electron chi connectivity index (χ2n) is 6.55. The number of pyridine rings is 1. The molecule has 0 aliphatic carbocycles. The molecule has 1 fully saturated rings. The minimum Gasteiger partial charge on any atom is -0.383 e. The van der Waals surface area contributed by atoms with Gasteiger partial charge in [0.2, 0.25) is 0 Å². The summed E-state index contributed by atoms with van der Waals surface area (Å²) in [4.78, 5) is 32.1. The van der Waals surface area contributed by atoms with Crippen LogP contribution >= 0.6 is 11.3 Å². The first-order valence-electron chi connectivity index (χ1n) is 8.33. The third-order valence-corrected chi connectivity index (χ3v) is 5.49. The normalized spacial score (nSPS) is 20.3. The number of aromatic nitrogens is 1. The number of likely N-dealkylation sites (tertiary alicyclic amines) is 1. The maximum absolute atomic E-state index is 12.8. The van der Waals surface area contributed by atoms with Gasteiger partial charge < -0.3 is 16.0 Å². The average molecular weight is 358 g/mol. The van der Waals surface area contributed by atoms with E-state index in [1.54, 1.807) is 29.2 Å². The first-order valence-corrected chi connectivity index (χ1v) is 9.21. The number of rotatable bonds is 2. The highest BCUT2D eigenvalue weighted by molar-refractivity contribution is 7.10. The summed E-state index contributed by atoms with van der Waals surface area (Å²) >= 11 is 1.62. The molecule has 6 nitrogen and oxygen atoms in total. The molecule has 0 saturated carbocycles. The van der Waals surface area contributed by atoms with Gasteiger partial charge in [-0.15, -0.1) is 11.3 Å². The predicted molar refractivity (Wildman–Crippen MR) is 99.2 cm³/mol. The van der Waals surface area contributed by atoms with Crippen molar-refractivity contribution in [2.45, 2.75) is 32.7 Å². The number of thiophene rings is 1. The van der Waals surface area contributed by atoms with Crippen LogP contribution in [-0.2, 0) is 9.59 Å². The summed E-state index contributed by atoms with van der Waals surface area (Å²) < 4.78 is 0. The van der Waals surface area contributed by atoms with Gasteiger partial charge in [0.25, 0.3) is 0 Å². The summed E-state index contributed by atoms with van der Waals surface area (Å²) in [6.45, 7) is 4.50. The number of hydrogen-bond donors (Lipinski definition) is 2. The van der Waals surface area contributed by atoms with Gasteiger partial charge in [-0.2, -0.15) is 0 Å². The van der Waals surface area contributed by atoms with Crippen molar-refractivity contribution < 1.29 is 9.59 Å². The maximum atomic E-state index is 12.8. The SMILES string of the molecule is Cc1cc(NC(=O)C(=O)N2CC(C)CCC2c2cccs2)cnc1N. The molecule has 3 N–H and O–H groups in total. The fourth-order valence-corrected chi connectivity index (χ4v) is 4.00. The van der Waals surface area contributed by atoms with Gasteiger partial charge >= 0.3 is 11.8 Å². The Morgan fingerprint density at radius 2 is 2.20 bits per heavy atom. The highest BCUT2D eigenvalue weighted by Gasteiger charge is 2.34. The smallest absolute Gasteiger partial charge is 0.313 e. The molecule has 1 aliphatic heterocycles. The quantitative estimate of drug-likeness (QED) is 0.808. The largest absolute Gasteiger partial charge is 0.383 e. The van der Waals surface area contributed by atoms with Crippen molar-refractivity contribution in [2.24, 2.45) is 5.92 Å². The Hall–Kier alpha value is -2.41. The van der Waals surface area contributed by atoms with Crippen LogP contribution in [0, 0.1) is 12.8 Å². The molecule has 1 saturated heterocycles. The van der Waals surface area contributed by atoms with Crippen molar-refractivity contribution >= 4 is 34.7 Å². The van der Waals surface area contributed by atoms with Gasteiger partial charge in [0.1, 0.15) is 5.82 Å². The minimum absolute atomic E-state index is 0.0271. The number of hydrogen-bond acceptors (Lipinski definition) is 5. The summed E-state index contributed by atoms with van der Waals surface area (Å²) in [6.07, 6.45) is 3.39. The van der Waals surface area contributed by atoms with Crippen LogP contribution in [0.1, 0.15) is 36.2 Å². The van der Waals surface area contributed by atoms with E-state index in [0.29, 0.717) is 24.0 Å². The van der Waals surface area contributed by atoms with Crippen LogP contribution in [0.4, 0.5) is 11.5 Å². The van der Waals surface area contributed by atoms with E-state index in [4.69, 9.17) is 5.73 Å². The molecule has 7 heteroatoms. The second-order valence-corrected chi connectivity index (χ2v) is 7.53. The van der Waals surface area contributed by atoms with Crippen molar-refractivity contribution in [2.75, 3.05) is 17.6 Å². The maximum Gasteiger partial charge on any atom is 0.313 e. The van der Waals surface area contributed by atoms with E-state index >= 15 is 0 Å². The summed E-state index contributed by atoms with van der Waals surface area (Å²) in [5.74, 6) is -0.346. The Balaban J connectivity index is 1.76. The summed E-state index contributed by atoms with van der Waals surface area (Å²) in [7, 11) is 0. The number of nitrogens with two attached hydrogens (primary N) is 1. The molecular weight excluding hydrogens is 336 g/mol. The Kier molecular flexibility index (Phi) is 5.03. The lowest BCUT2D eigenvalue weighted by Crippen LogP contribution is -2.46. The molecular formula is C18H22N4O2S. The number of amides is 2. The van der Waals surface area contributed by atoms with Gasteiger partial charge in [-0.1, -0.05) is 13.0 Å². The number of nitrogen functional groups attached to an aromatic ring is 1. The van der Waals surface area contributed by atoms with Crippen molar-refractivity contribution in [3.05, 3.63) is 40.2 Å². The summed E-state index contributed by atoms with van der Waals surface area (Å²) in [6, 6.07) is 5.68. The van der Waals surface area contributed by atoms with Crippen molar-refractivity contribution in [1.82, 2.24) is 9.88 Å². The monoisotopic (exact) mass is 358 g/mol. The van der Waals surface area contributed by atoms with Crippen LogP contribution in [0.3, 0.4) is 0 Å². The zero-order chi connectivity index (χ0) is 18.0.